The van der Waals surface area contributed by atoms with Gasteiger partial charge in [-0.1, -0.05) is 11.6 Å². The minimum Gasteiger partial charge on any atom is -0.497 e. The number of anilines is 1. The van der Waals surface area contributed by atoms with E-state index in [0.29, 0.717) is 18.8 Å². The maximum absolute atomic E-state index is 13.0. The molecule has 0 bridgehead atoms. The van der Waals surface area contributed by atoms with Gasteiger partial charge < -0.3 is 19.5 Å². The Balaban J connectivity index is 1.70. The van der Waals surface area contributed by atoms with E-state index in [-0.39, 0.29) is 17.1 Å². The second kappa shape index (κ2) is 10.5. The van der Waals surface area contributed by atoms with Crippen molar-refractivity contribution in [2.45, 2.75) is 25.9 Å². The summed E-state index contributed by atoms with van der Waals surface area (Å²) < 4.78 is 28.7. The van der Waals surface area contributed by atoms with Crippen molar-refractivity contribution >= 4 is 29.2 Å². The third-order valence-electron chi connectivity index (χ3n) is 3.72. The molecule has 1 amide bonds. The third kappa shape index (κ3) is 6.74. The van der Waals surface area contributed by atoms with Crippen molar-refractivity contribution in [1.82, 2.24) is 0 Å². The summed E-state index contributed by atoms with van der Waals surface area (Å²) >= 11 is 5.85. The van der Waals surface area contributed by atoms with Gasteiger partial charge in [0.05, 0.1) is 24.4 Å². The Morgan fingerprint density at radius 1 is 1.14 bits per heavy atom. The van der Waals surface area contributed by atoms with E-state index in [1.165, 1.54) is 19.1 Å². The summed E-state index contributed by atoms with van der Waals surface area (Å²) in [6.45, 7) is 1.77. The summed E-state index contributed by atoms with van der Waals surface area (Å²) in [5.41, 5.74) is 0.240. The zero-order valence-corrected chi connectivity index (χ0v) is 16.3. The monoisotopic (exact) mass is 409 g/mol. The lowest BCUT2D eigenvalue weighted by molar-refractivity contribution is -0.153. The van der Waals surface area contributed by atoms with Crippen molar-refractivity contribution in [3.8, 4) is 11.5 Å². The van der Waals surface area contributed by atoms with Gasteiger partial charge in [0.1, 0.15) is 17.3 Å². The van der Waals surface area contributed by atoms with E-state index in [1.807, 2.05) is 0 Å². The molecule has 2 aromatic rings. The van der Waals surface area contributed by atoms with Crippen LogP contribution in [0, 0.1) is 5.82 Å². The number of hydrogen-bond acceptors (Lipinski definition) is 5. The van der Waals surface area contributed by atoms with Crippen LogP contribution in [0.1, 0.15) is 19.8 Å². The first-order chi connectivity index (χ1) is 13.4. The van der Waals surface area contributed by atoms with Crippen molar-refractivity contribution < 1.29 is 28.2 Å². The first kappa shape index (κ1) is 21.5. The molecule has 0 radical (unpaired) electrons. The first-order valence-electron chi connectivity index (χ1n) is 8.61. The number of rotatable bonds is 9. The van der Waals surface area contributed by atoms with Crippen LogP contribution in [0.25, 0.3) is 0 Å². The predicted molar refractivity (Wildman–Crippen MR) is 103 cm³/mol. The standard InChI is InChI=1S/C20H21ClFNO5/c1-13(20(25)23-18-10-5-14(22)12-17(18)21)28-19(24)4-3-11-27-16-8-6-15(26-2)7-9-16/h5-10,12-13H,3-4,11H2,1-2H3,(H,23,25)/t13-/m1/s1. The lowest BCUT2D eigenvalue weighted by Crippen LogP contribution is -2.30. The summed E-state index contributed by atoms with van der Waals surface area (Å²) in [5.74, 6) is -0.204. The number of methoxy groups -OCH3 is 1. The summed E-state index contributed by atoms with van der Waals surface area (Å²) in [6.07, 6.45) is -0.482. The summed E-state index contributed by atoms with van der Waals surface area (Å²) in [7, 11) is 1.58. The molecule has 0 aliphatic carbocycles. The minimum absolute atomic E-state index is 0.0579. The summed E-state index contributed by atoms with van der Waals surface area (Å²) in [4.78, 5) is 23.9. The molecule has 28 heavy (non-hydrogen) atoms. The Bertz CT molecular complexity index is 813. The Morgan fingerprint density at radius 3 is 2.46 bits per heavy atom. The Hall–Kier alpha value is -2.80. The molecule has 0 fully saturated rings. The van der Waals surface area contributed by atoms with Crippen LogP contribution in [0.3, 0.4) is 0 Å². The fourth-order valence-corrected chi connectivity index (χ4v) is 2.43. The van der Waals surface area contributed by atoms with Gasteiger partial charge in [-0.2, -0.15) is 0 Å². The highest BCUT2D eigenvalue weighted by Crippen LogP contribution is 2.22. The quantitative estimate of drug-likeness (QED) is 0.496. The molecule has 1 N–H and O–H groups in total. The number of ether oxygens (including phenoxy) is 3. The van der Waals surface area contributed by atoms with E-state index >= 15 is 0 Å². The normalized spacial score (nSPS) is 11.4. The van der Waals surface area contributed by atoms with Gasteiger partial charge in [0, 0.05) is 6.42 Å². The number of nitrogens with one attached hydrogen (secondary N) is 1. The highest BCUT2D eigenvalue weighted by molar-refractivity contribution is 6.33. The fraction of sp³-hybridized carbons (Fsp3) is 0.300. The molecular weight excluding hydrogens is 389 g/mol. The first-order valence-corrected chi connectivity index (χ1v) is 8.99. The number of hydrogen-bond donors (Lipinski definition) is 1. The van der Waals surface area contributed by atoms with Crippen molar-refractivity contribution in [3.63, 3.8) is 0 Å². The Morgan fingerprint density at radius 2 is 1.82 bits per heavy atom. The number of carbonyl (C=O) groups is 2. The molecule has 6 nitrogen and oxygen atoms in total. The van der Waals surface area contributed by atoms with Crippen LogP contribution in [0.5, 0.6) is 11.5 Å². The summed E-state index contributed by atoms with van der Waals surface area (Å²) in [6, 6.07) is 10.7. The van der Waals surface area contributed by atoms with Crippen LogP contribution in [0.15, 0.2) is 42.5 Å². The second-order valence-electron chi connectivity index (χ2n) is 5.87. The van der Waals surface area contributed by atoms with E-state index in [1.54, 1.807) is 31.4 Å². The minimum atomic E-state index is -1.02. The molecule has 0 saturated heterocycles. The van der Waals surface area contributed by atoms with Crippen LogP contribution in [0.2, 0.25) is 5.02 Å². The molecule has 2 rings (SSSR count). The van der Waals surface area contributed by atoms with Crippen LogP contribution in [-0.2, 0) is 14.3 Å². The van der Waals surface area contributed by atoms with E-state index in [2.05, 4.69) is 5.32 Å². The molecule has 0 spiro atoms. The van der Waals surface area contributed by atoms with Gasteiger partial charge in [-0.05, 0) is 55.8 Å². The number of benzene rings is 2. The predicted octanol–water partition coefficient (Wildman–Crippen LogP) is 4.22. The van der Waals surface area contributed by atoms with Gasteiger partial charge in [0.2, 0.25) is 0 Å². The largest absolute Gasteiger partial charge is 0.497 e. The van der Waals surface area contributed by atoms with Crippen molar-refractivity contribution in [1.29, 1.82) is 0 Å². The van der Waals surface area contributed by atoms with Crippen LogP contribution in [-0.4, -0.2) is 31.7 Å². The number of carbonyl (C=O) groups excluding carboxylic acids is 2. The number of esters is 1. The molecule has 0 saturated carbocycles. The highest BCUT2D eigenvalue weighted by atomic mass is 35.5. The second-order valence-corrected chi connectivity index (χ2v) is 6.28. The van der Waals surface area contributed by atoms with Crippen molar-refractivity contribution in [2.24, 2.45) is 0 Å². The SMILES string of the molecule is COc1ccc(OCCCC(=O)O[C@H](C)C(=O)Nc2ccc(F)cc2Cl)cc1. The van der Waals surface area contributed by atoms with Crippen LogP contribution in [0.4, 0.5) is 10.1 Å². The molecule has 0 heterocycles. The Kier molecular flexibility index (Phi) is 8.07. The molecule has 150 valence electrons. The zero-order chi connectivity index (χ0) is 20.5. The average Bonchev–Trinajstić information content (AvgIpc) is 2.67. The average molecular weight is 410 g/mol. The fourth-order valence-electron chi connectivity index (χ4n) is 2.21. The van der Waals surface area contributed by atoms with Gasteiger partial charge >= 0.3 is 5.97 Å². The molecule has 2 aromatic carbocycles. The molecular formula is C20H21ClFNO5. The van der Waals surface area contributed by atoms with Crippen LogP contribution < -0.4 is 14.8 Å². The summed E-state index contributed by atoms with van der Waals surface area (Å²) in [5, 5.41) is 2.55. The Labute approximate surface area is 167 Å². The molecule has 0 unspecified atom stereocenters. The van der Waals surface area contributed by atoms with E-state index < -0.39 is 23.8 Å². The maximum Gasteiger partial charge on any atom is 0.306 e. The van der Waals surface area contributed by atoms with Gasteiger partial charge in [-0.3, -0.25) is 9.59 Å². The topological polar surface area (TPSA) is 73.9 Å². The maximum atomic E-state index is 13.0. The molecule has 0 aliphatic rings. The van der Waals surface area contributed by atoms with Gasteiger partial charge in [-0.15, -0.1) is 0 Å². The van der Waals surface area contributed by atoms with Crippen molar-refractivity contribution in [2.75, 3.05) is 19.0 Å². The molecule has 8 heteroatoms. The van der Waals surface area contributed by atoms with E-state index in [0.717, 1.165) is 11.8 Å². The smallest absolute Gasteiger partial charge is 0.306 e. The van der Waals surface area contributed by atoms with Crippen molar-refractivity contribution in [3.05, 3.63) is 53.3 Å². The van der Waals surface area contributed by atoms with Crippen LogP contribution >= 0.6 is 11.6 Å². The van der Waals surface area contributed by atoms with Gasteiger partial charge in [0.25, 0.3) is 5.91 Å². The molecule has 1 atom stereocenters. The highest BCUT2D eigenvalue weighted by Gasteiger charge is 2.18. The third-order valence-corrected chi connectivity index (χ3v) is 4.03. The number of halogens is 2. The van der Waals surface area contributed by atoms with Gasteiger partial charge in [-0.25, -0.2) is 4.39 Å². The molecule has 0 aromatic heterocycles. The lowest BCUT2D eigenvalue weighted by atomic mass is 10.3. The molecule has 0 aliphatic heterocycles. The number of amides is 1. The zero-order valence-electron chi connectivity index (χ0n) is 15.5. The van der Waals surface area contributed by atoms with Gasteiger partial charge in [0.15, 0.2) is 6.10 Å². The lowest BCUT2D eigenvalue weighted by Gasteiger charge is -2.14. The van der Waals surface area contributed by atoms with E-state index in [9.17, 15) is 14.0 Å². The van der Waals surface area contributed by atoms with E-state index in [4.69, 9.17) is 25.8 Å².